The van der Waals surface area contributed by atoms with Crippen molar-refractivity contribution in [1.29, 1.82) is 0 Å². The summed E-state index contributed by atoms with van der Waals surface area (Å²) < 4.78 is 0. The summed E-state index contributed by atoms with van der Waals surface area (Å²) in [5.41, 5.74) is 3.31. The number of nitrogens with zero attached hydrogens (tertiary/aromatic N) is 1. The second-order valence-electron chi connectivity index (χ2n) is 7.30. The number of fused-ring (bicyclic) bond motifs is 1. The molecular formula is C25H22N2O3S. The van der Waals surface area contributed by atoms with Crippen molar-refractivity contribution in [1.82, 2.24) is 4.90 Å². The second-order valence-corrected chi connectivity index (χ2v) is 8.47. The highest BCUT2D eigenvalue weighted by Crippen LogP contribution is 2.25. The lowest BCUT2D eigenvalue weighted by Gasteiger charge is -2.13. The number of aryl methyl sites for hydroxylation is 1. The molecule has 4 rings (SSSR count). The number of hydrogen-bond acceptors (Lipinski definition) is 4. The van der Waals surface area contributed by atoms with Gasteiger partial charge in [0.15, 0.2) is 0 Å². The number of carbonyl (C=O) groups excluding carboxylic acids is 3. The average Bonchev–Trinajstić information content (AvgIpc) is 3.03. The maximum absolute atomic E-state index is 12.4. The van der Waals surface area contributed by atoms with Crippen LogP contribution in [0.25, 0.3) is 0 Å². The van der Waals surface area contributed by atoms with Crippen molar-refractivity contribution in [2.75, 3.05) is 17.6 Å². The topological polar surface area (TPSA) is 66.5 Å². The Kier molecular flexibility index (Phi) is 6.18. The largest absolute Gasteiger partial charge is 0.322 e. The van der Waals surface area contributed by atoms with E-state index in [-0.39, 0.29) is 17.7 Å². The number of nitrogens with one attached hydrogen (secondary N) is 1. The summed E-state index contributed by atoms with van der Waals surface area (Å²) in [6.07, 6.45) is 0.710. The summed E-state index contributed by atoms with van der Waals surface area (Å²) in [6, 6.07) is 22.1. The third-order valence-electron chi connectivity index (χ3n) is 5.17. The number of anilines is 1. The third-order valence-corrected chi connectivity index (χ3v) is 6.27. The van der Waals surface area contributed by atoms with Crippen molar-refractivity contribution in [2.24, 2.45) is 0 Å². The van der Waals surface area contributed by atoms with Gasteiger partial charge in [-0.25, -0.2) is 0 Å². The third kappa shape index (κ3) is 4.54. The van der Waals surface area contributed by atoms with E-state index >= 15 is 0 Å². The van der Waals surface area contributed by atoms with Gasteiger partial charge in [-0.05, 0) is 67.1 Å². The molecule has 0 unspecified atom stereocenters. The second kappa shape index (κ2) is 9.18. The molecule has 6 heteroatoms. The molecule has 0 aromatic heterocycles. The Morgan fingerprint density at radius 2 is 1.48 bits per heavy atom. The predicted octanol–water partition coefficient (Wildman–Crippen LogP) is 5.03. The van der Waals surface area contributed by atoms with Crippen molar-refractivity contribution in [3.63, 3.8) is 0 Å². The normalized spacial score (nSPS) is 12.7. The van der Waals surface area contributed by atoms with Gasteiger partial charge in [0, 0.05) is 22.7 Å². The van der Waals surface area contributed by atoms with E-state index in [2.05, 4.69) is 5.32 Å². The van der Waals surface area contributed by atoms with Crippen LogP contribution in [0.1, 0.15) is 43.1 Å². The van der Waals surface area contributed by atoms with E-state index in [0.29, 0.717) is 29.7 Å². The van der Waals surface area contributed by atoms with Crippen LogP contribution < -0.4 is 5.32 Å². The Balaban J connectivity index is 1.26. The Morgan fingerprint density at radius 3 is 2.13 bits per heavy atom. The first-order chi connectivity index (χ1) is 15.0. The quantitative estimate of drug-likeness (QED) is 0.324. The van der Waals surface area contributed by atoms with Gasteiger partial charge in [-0.15, -0.1) is 11.8 Å². The molecule has 1 aliphatic heterocycles. The predicted molar refractivity (Wildman–Crippen MR) is 123 cm³/mol. The minimum atomic E-state index is -0.209. The number of amides is 3. The highest BCUT2D eigenvalue weighted by Gasteiger charge is 2.34. The number of rotatable bonds is 7. The van der Waals surface area contributed by atoms with Crippen LogP contribution in [0, 0.1) is 6.92 Å². The molecule has 0 bridgehead atoms. The van der Waals surface area contributed by atoms with Gasteiger partial charge in [-0.1, -0.05) is 30.3 Å². The van der Waals surface area contributed by atoms with Gasteiger partial charge in [-0.3, -0.25) is 19.3 Å². The zero-order valence-electron chi connectivity index (χ0n) is 17.1. The summed E-state index contributed by atoms with van der Waals surface area (Å²) >= 11 is 1.65. The van der Waals surface area contributed by atoms with Crippen LogP contribution in [-0.4, -0.2) is 34.9 Å². The molecule has 1 aliphatic rings. The molecule has 0 aliphatic carbocycles. The van der Waals surface area contributed by atoms with Crippen molar-refractivity contribution in [2.45, 2.75) is 18.2 Å². The van der Waals surface area contributed by atoms with E-state index in [0.717, 1.165) is 21.9 Å². The molecule has 0 saturated heterocycles. The minimum absolute atomic E-state index is 0.126. The zero-order chi connectivity index (χ0) is 21.8. The fraction of sp³-hybridized carbons (Fsp3) is 0.160. The van der Waals surface area contributed by atoms with E-state index in [1.165, 1.54) is 4.90 Å². The van der Waals surface area contributed by atoms with Crippen LogP contribution in [0.4, 0.5) is 5.69 Å². The number of thioether (sulfide) groups is 1. The lowest BCUT2D eigenvalue weighted by atomic mass is 10.1. The van der Waals surface area contributed by atoms with Crippen LogP contribution in [0.2, 0.25) is 0 Å². The van der Waals surface area contributed by atoms with Gasteiger partial charge in [0.2, 0.25) is 0 Å². The first-order valence-electron chi connectivity index (χ1n) is 10.1. The molecule has 0 spiro atoms. The monoisotopic (exact) mass is 430 g/mol. The molecule has 3 amide bonds. The van der Waals surface area contributed by atoms with E-state index in [1.54, 1.807) is 36.0 Å². The average molecular weight is 431 g/mol. The summed E-state index contributed by atoms with van der Waals surface area (Å²) in [7, 11) is 0. The lowest BCUT2D eigenvalue weighted by Crippen LogP contribution is -2.30. The summed E-state index contributed by atoms with van der Waals surface area (Å²) in [4.78, 5) is 39.6. The maximum Gasteiger partial charge on any atom is 0.261 e. The molecule has 0 saturated carbocycles. The van der Waals surface area contributed by atoms with E-state index in [1.807, 2.05) is 55.5 Å². The van der Waals surface area contributed by atoms with Gasteiger partial charge < -0.3 is 5.32 Å². The van der Waals surface area contributed by atoms with E-state index < -0.39 is 0 Å². The molecule has 0 atom stereocenters. The Morgan fingerprint density at radius 1 is 0.871 bits per heavy atom. The van der Waals surface area contributed by atoms with Crippen molar-refractivity contribution >= 4 is 35.2 Å². The standard InChI is InChI=1S/C25H22N2O3S/c1-17-7-2-3-8-20(17)23(28)26-18-11-13-19(14-12-18)31-16-6-15-27-24(29)21-9-4-5-10-22(21)25(27)30/h2-5,7-14H,6,15-16H2,1H3,(H,26,28). The molecule has 3 aromatic carbocycles. The number of imide groups is 1. The van der Waals surface area contributed by atoms with Gasteiger partial charge >= 0.3 is 0 Å². The van der Waals surface area contributed by atoms with Gasteiger partial charge in [0.1, 0.15) is 0 Å². The molecule has 1 N–H and O–H groups in total. The molecule has 0 fully saturated rings. The SMILES string of the molecule is Cc1ccccc1C(=O)Nc1ccc(SCCCN2C(=O)c3ccccc3C2=O)cc1. The highest BCUT2D eigenvalue weighted by molar-refractivity contribution is 7.99. The minimum Gasteiger partial charge on any atom is -0.322 e. The fourth-order valence-electron chi connectivity index (χ4n) is 3.52. The molecular weight excluding hydrogens is 408 g/mol. The fourth-order valence-corrected chi connectivity index (χ4v) is 4.35. The molecule has 156 valence electrons. The van der Waals surface area contributed by atoms with Crippen LogP contribution in [0.5, 0.6) is 0 Å². The lowest BCUT2D eigenvalue weighted by molar-refractivity contribution is 0.0654. The van der Waals surface area contributed by atoms with Crippen LogP contribution in [0.15, 0.2) is 77.7 Å². The summed E-state index contributed by atoms with van der Waals surface area (Å²) in [6.45, 7) is 2.32. The highest BCUT2D eigenvalue weighted by atomic mass is 32.2. The van der Waals surface area contributed by atoms with Crippen LogP contribution >= 0.6 is 11.8 Å². The number of benzene rings is 3. The Hall–Kier alpha value is -3.38. The van der Waals surface area contributed by atoms with E-state index in [9.17, 15) is 14.4 Å². The zero-order valence-corrected chi connectivity index (χ0v) is 17.9. The van der Waals surface area contributed by atoms with E-state index in [4.69, 9.17) is 0 Å². The first-order valence-corrected chi connectivity index (χ1v) is 11.1. The number of carbonyl (C=O) groups is 3. The van der Waals surface area contributed by atoms with Crippen molar-refractivity contribution < 1.29 is 14.4 Å². The Labute approximate surface area is 185 Å². The smallest absolute Gasteiger partial charge is 0.261 e. The molecule has 1 heterocycles. The van der Waals surface area contributed by atoms with Gasteiger partial charge in [0.25, 0.3) is 17.7 Å². The molecule has 0 radical (unpaired) electrons. The first kappa shape index (κ1) is 20.9. The van der Waals surface area contributed by atoms with Crippen molar-refractivity contribution in [3.05, 3.63) is 95.1 Å². The van der Waals surface area contributed by atoms with Crippen LogP contribution in [0.3, 0.4) is 0 Å². The number of hydrogen-bond donors (Lipinski definition) is 1. The van der Waals surface area contributed by atoms with Crippen molar-refractivity contribution in [3.8, 4) is 0 Å². The maximum atomic E-state index is 12.4. The summed E-state index contributed by atoms with van der Waals surface area (Å²) in [5.74, 6) is 0.237. The summed E-state index contributed by atoms with van der Waals surface area (Å²) in [5, 5.41) is 2.92. The molecule has 3 aromatic rings. The van der Waals surface area contributed by atoms with Gasteiger partial charge in [0.05, 0.1) is 11.1 Å². The molecule has 5 nitrogen and oxygen atoms in total. The molecule has 31 heavy (non-hydrogen) atoms. The Bertz CT molecular complexity index is 1110. The van der Waals surface area contributed by atoms with Gasteiger partial charge in [-0.2, -0.15) is 0 Å². The van der Waals surface area contributed by atoms with Crippen LogP contribution in [-0.2, 0) is 0 Å².